The number of thiocarbonyl (C=S) groups is 2. The van der Waals surface area contributed by atoms with Gasteiger partial charge < -0.3 is 20.0 Å². The number of nitrogens with zero attached hydrogens (tertiary/aromatic N) is 5. The van der Waals surface area contributed by atoms with Crippen molar-refractivity contribution in [3.8, 4) is 0 Å². The first-order valence-corrected chi connectivity index (χ1v) is 7.52. The first-order valence-electron chi connectivity index (χ1n) is 6.70. The second-order valence-corrected chi connectivity index (χ2v) is 6.46. The van der Waals surface area contributed by atoms with Crippen LogP contribution in [0.15, 0.2) is 0 Å². The molecule has 0 amide bonds. The summed E-state index contributed by atoms with van der Waals surface area (Å²) in [5.74, 6) is 0. The van der Waals surface area contributed by atoms with Gasteiger partial charge in [0.05, 0.1) is 20.0 Å². The Hall–Kier alpha value is -0.700. The molecule has 0 aromatic rings. The molecule has 4 heterocycles. The van der Waals surface area contributed by atoms with Crippen molar-refractivity contribution in [2.75, 3.05) is 40.1 Å². The maximum atomic E-state index is 5.60. The number of rotatable bonds is 0. The van der Waals surface area contributed by atoms with Crippen LogP contribution in [0.1, 0.15) is 6.42 Å². The van der Waals surface area contributed by atoms with E-state index in [0.29, 0.717) is 0 Å². The lowest BCUT2D eigenvalue weighted by molar-refractivity contribution is -0.0255. The van der Waals surface area contributed by atoms with Gasteiger partial charge in [-0.1, -0.05) is 0 Å². The molecule has 0 saturated carbocycles. The molecule has 4 atom stereocenters. The van der Waals surface area contributed by atoms with Gasteiger partial charge in [-0.2, -0.15) is 0 Å². The van der Waals surface area contributed by atoms with Crippen molar-refractivity contribution in [2.24, 2.45) is 0 Å². The topological polar surface area (TPSA) is 28.2 Å². The van der Waals surface area contributed by atoms with E-state index in [1.54, 1.807) is 0 Å². The zero-order valence-electron chi connectivity index (χ0n) is 10.9. The lowest BCUT2D eigenvalue weighted by Crippen LogP contribution is -2.60. The van der Waals surface area contributed by atoms with Gasteiger partial charge in [0.2, 0.25) is 0 Å². The van der Waals surface area contributed by atoms with Gasteiger partial charge in [-0.3, -0.25) is 9.80 Å². The summed E-state index contributed by atoms with van der Waals surface area (Å²) >= 11 is 11.1. The predicted molar refractivity (Wildman–Crippen MR) is 80.0 cm³/mol. The highest BCUT2D eigenvalue weighted by atomic mass is 32.1. The van der Waals surface area contributed by atoms with E-state index in [2.05, 4.69) is 36.9 Å². The smallest absolute Gasteiger partial charge is 0.175 e. The van der Waals surface area contributed by atoms with E-state index in [9.17, 15) is 0 Å². The molecule has 0 radical (unpaired) electrons. The minimum atomic E-state index is 0.196. The average Bonchev–Trinajstić information content (AvgIpc) is 2.80. The summed E-state index contributed by atoms with van der Waals surface area (Å²) in [6, 6.07) is 0. The highest BCUT2D eigenvalue weighted by Crippen LogP contribution is 2.30. The van der Waals surface area contributed by atoms with Crippen LogP contribution >= 0.6 is 24.4 Å². The van der Waals surface area contributed by atoms with E-state index in [1.807, 2.05) is 0 Å². The first kappa shape index (κ1) is 12.1. The summed E-state index contributed by atoms with van der Waals surface area (Å²) < 4.78 is 0. The molecule has 4 unspecified atom stereocenters. The molecule has 0 spiro atoms. The van der Waals surface area contributed by atoms with Crippen molar-refractivity contribution in [3.63, 3.8) is 0 Å². The van der Waals surface area contributed by atoms with Crippen LogP contribution in [0.25, 0.3) is 0 Å². The SMILES string of the molecule is CN1C(=S)N2CN3CCCN(C3)CN3C(=S)NC1C32. The second kappa shape index (κ2) is 4.15. The van der Waals surface area contributed by atoms with Crippen LogP contribution in [0, 0.1) is 0 Å². The maximum absolute atomic E-state index is 5.60. The molecule has 6 nitrogen and oxygen atoms in total. The molecular weight excluding hydrogens is 280 g/mol. The zero-order chi connectivity index (χ0) is 13.1. The number of fused-ring (bicyclic) bond motifs is 2. The van der Waals surface area contributed by atoms with Crippen LogP contribution in [-0.4, -0.2) is 87.2 Å². The summed E-state index contributed by atoms with van der Waals surface area (Å²) in [6.07, 6.45) is 1.66. The Labute approximate surface area is 123 Å². The zero-order valence-corrected chi connectivity index (χ0v) is 12.6. The van der Waals surface area contributed by atoms with Crippen molar-refractivity contribution >= 4 is 34.7 Å². The fourth-order valence-electron chi connectivity index (χ4n) is 3.54. The molecule has 4 fully saturated rings. The van der Waals surface area contributed by atoms with Gasteiger partial charge in [0.25, 0.3) is 0 Å². The molecule has 0 aromatic heterocycles. The highest BCUT2D eigenvalue weighted by Gasteiger charge is 2.52. The van der Waals surface area contributed by atoms with Gasteiger partial charge in [-0.05, 0) is 30.9 Å². The molecule has 0 aliphatic carbocycles. The third kappa shape index (κ3) is 1.67. The largest absolute Gasteiger partial charge is 0.339 e. The molecule has 4 rings (SSSR count). The lowest BCUT2D eigenvalue weighted by atomic mass is 10.3. The summed E-state index contributed by atoms with van der Waals surface area (Å²) in [5.41, 5.74) is 0. The number of likely N-dealkylation sites (N-methyl/N-ethyl adjacent to an activating group) is 1. The van der Waals surface area contributed by atoms with Crippen LogP contribution in [0.5, 0.6) is 0 Å². The van der Waals surface area contributed by atoms with E-state index in [1.165, 1.54) is 6.42 Å². The maximum Gasteiger partial charge on any atom is 0.175 e. The Morgan fingerprint density at radius 1 is 1.05 bits per heavy atom. The monoisotopic (exact) mass is 298 g/mol. The fourth-order valence-corrected chi connectivity index (χ4v) is 4.11. The number of nitrogens with one attached hydrogen (secondary N) is 1. The molecule has 8 heteroatoms. The quantitative estimate of drug-likeness (QED) is 0.585. The van der Waals surface area contributed by atoms with Crippen molar-refractivity contribution in [3.05, 3.63) is 0 Å². The fraction of sp³-hybridized carbons (Fsp3) is 0.818. The number of hydrogen-bond donors (Lipinski definition) is 1. The molecule has 4 aliphatic rings. The highest BCUT2D eigenvalue weighted by molar-refractivity contribution is 7.80. The van der Waals surface area contributed by atoms with E-state index >= 15 is 0 Å². The minimum Gasteiger partial charge on any atom is -0.339 e. The Morgan fingerprint density at radius 2 is 1.74 bits per heavy atom. The Bertz CT molecular complexity index is 443. The molecule has 2 bridgehead atoms. The molecule has 4 saturated heterocycles. The van der Waals surface area contributed by atoms with E-state index in [4.69, 9.17) is 24.4 Å². The van der Waals surface area contributed by atoms with Crippen molar-refractivity contribution < 1.29 is 0 Å². The van der Waals surface area contributed by atoms with E-state index in [0.717, 1.165) is 43.3 Å². The van der Waals surface area contributed by atoms with Crippen LogP contribution in [0.2, 0.25) is 0 Å². The average molecular weight is 298 g/mol. The van der Waals surface area contributed by atoms with Gasteiger partial charge in [0, 0.05) is 20.1 Å². The lowest BCUT2D eigenvalue weighted by Gasteiger charge is -2.45. The summed E-state index contributed by atoms with van der Waals surface area (Å²) in [6.45, 7) is 5.14. The van der Waals surface area contributed by atoms with Gasteiger partial charge in [-0.15, -0.1) is 0 Å². The van der Waals surface area contributed by atoms with Crippen molar-refractivity contribution in [2.45, 2.75) is 18.8 Å². The third-order valence-corrected chi connectivity index (χ3v) is 5.35. The van der Waals surface area contributed by atoms with Crippen molar-refractivity contribution in [1.29, 1.82) is 0 Å². The Kier molecular flexibility index (Phi) is 2.63. The van der Waals surface area contributed by atoms with Crippen LogP contribution < -0.4 is 5.32 Å². The Morgan fingerprint density at radius 3 is 2.47 bits per heavy atom. The van der Waals surface area contributed by atoms with E-state index < -0.39 is 0 Å². The van der Waals surface area contributed by atoms with Crippen LogP contribution in [0.4, 0.5) is 0 Å². The standard InChI is InChI=1S/C11H18N6S2/c1-13-8-9-16(10(18)12-8)6-14-3-2-4-15(5-14)7-17(9)11(13)19/h8-9H,2-7H2,1H3,(H,12,18). The summed E-state index contributed by atoms with van der Waals surface area (Å²) in [5, 5.41) is 5.19. The van der Waals surface area contributed by atoms with Crippen LogP contribution in [-0.2, 0) is 0 Å². The van der Waals surface area contributed by atoms with Crippen LogP contribution in [0.3, 0.4) is 0 Å². The molecule has 1 N–H and O–H groups in total. The Balaban J connectivity index is 1.71. The number of hydrogen-bond acceptors (Lipinski definition) is 4. The normalized spacial score (nSPS) is 41.0. The van der Waals surface area contributed by atoms with Crippen molar-refractivity contribution in [1.82, 2.24) is 29.8 Å². The summed E-state index contributed by atoms with van der Waals surface area (Å²) in [4.78, 5) is 11.7. The summed E-state index contributed by atoms with van der Waals surface area (Å²) in [7, 11) is 2.05. The van der Waals surface area contributed by atoms with Gasteiger partial charge in [-0.25, -0.2) is 0 Å². The molecule has 0 aromatic carbocycles. The molecular formula is C11H18N6S2. The first-order chi connectivity index (χ1) is 9.15. The van der Waals surface area contributed by atoms with Gasteiger partial charge >= 0.3 is 0 Å². The van der Waals surface area contributed by atoms with E-state index in [-0.39, 0.29) is 12.3 Å². The molecule has 4 aliphatic heterocycles. The second-order valence-electron chi connectivity index (χ2n) is 5.71. The van der Waals surface area contributed by atoms with Gasteiger partial charge in [0.15, 0.2) is 10.2 Å². The minimum absolute atomic E-state index is 0.196. The molecule has 19 heavy (non-hydrogen) atoms. The third-order valence-electron chi connectivity index (χ3n) is 4.47. The predicted octanol–water partition coefficient (Wildman–Crippen LogP) is -0.745. The molecule has 104 valence electrons. The van der Waals surface area contributed by atoms with Gasteiger partial charge in [0.1, 0.15) is 12.3 Å².